The summed E-state index contributed by atoms with van der Waals surface area (Å²) in [5, 5.41) is 9.16. The van der Waals surface area contributed by atoms with Crippen LogP contribution in [-0.2, 0) is 16.0 Å². The highest BCUT2D eigenvalue weighted by molar-refractivity contribution is 5.97. The Morgan fingerprint density at radius 1 is 1.20 bits per heavy atom. The van der Waals surface area contributed by atoms with E-state index >= 15 is 0 Å². The van der Waals surface area contributed by atoms with E-state index in [4.69, 9.17) is 9.84 Å². The molecule has 0 spiro atoms. The number of hydrogen-bond donors (Lipinski definition) is 1. The van der Waals surface area contributed by atoms with Gasteiger partial charge in [-0.2, -0.15) is 0 Å². The highest BCUT2D eigenvalue weighted by Gasteiger charge is 2.24. The van der Waals surface area contributed by atoms with Crippen LogP contribution in [0.15, 0.2) is 18.2 Å². The maximum Gasteiger partial charge on any atom is 0.227 e. The summed E-state index contributed by atoms with van der Waals surface area (Å²) in [4.78, 5) is 16.0. The highest BCUT2D eigenvalue weighted by Crippen LogP contribution is 2.32. The summed E-state index contributed by atoms with van der Waals surface area (Å²) < 4.78 is 5.37. The molecule has 0 bridgehead atoms. The molecule has 1 aromatic carbocycles. The monoisotopic (exact) mass is 276 g/mol. The number of carbonyl (C=O) groups excluding carboxylic acids is 1. The maximum absolute atomic E-state index is 12.0. The molecule has 1 aromatic rings. The number of amides is 1. The highest BCUT2D eigenvalue weighted by atomic mass is 16.5. The number of nitrogens with zero attached hydrogens (tertiary/aromatic N) is 2. The smallest absolute Gasteiger partial charge is 0.227 e. The molecule has 108 valence electrons. The van der Waals surface area contributed by atoms with Gasteiger partial charge in [0.15, 0.2) is 0 Å². The number of carbonyl (C=O) groups is 1. The number of fused-ring (bicyclic) bond motifs is 1. The van der Waals surface area contributed by atoms with Crippen LogP contribution in [0.3, 0.4) is 0 Å². The van der Waals surface area contributed by atoms with Crippen LogP contribution < -0.4 is 9.80 Å². The minimum Gasteiger partial charge on any atom is -0.395 e. The summed E-state index contributed by atoms with van der Waals surface area (Å²) in [5.74, 6) is 0.102. The molecule has 2 aliphatic rings. The molecule has 0 radical (unpaired) electrons. The zero-order valence-electron chi connectivity index (χ0n) is 11.5. The summed E-state index contributed by atoms with van der Waals surface area (Å²) in [6.45, 7) is 3.62. The van der Waals surface area contributed by atoms with Gasteiger partial charge in [-0.05, 0) is 24.1 Å². The van der Waals surface area contributed by atoms with E-state index in [1.807, 2.05) is 0 Å². The van der Waals surface area contributed by atoms with E-state index in [1.165, 1.54) is 5.56 Å². The number of ether oxygens (including phenoxy) is 1. The Hall–Kier alpha value is -1.59. The quantitative estimate of drug-likeness (QED) is 0.887. The van der Waals surface area contributed by atoms with Crippen LogP contribution in [0.4, 0.5) is 11.4 Å². The van der Waals surface area contributed by atoms with E-state index in [0.29, 0.717) is 13.0 Å². The van der Waals surface area contributed by atoms with E-state index in [2.05, 4.69) is 23.1 Å². The standard InChI is InChI=1S/C15H20N2O3/c18-8-5-17-14-11-13(16-6-9-20-10-7-16)3-1-12(14)2-4-15(17)19/h1,3,11,18H,2,4-10H2. The minimum absolute atomic E-state index is 0.00698. The number of rotatable bonds is 3. The first kappa shape index (κ1) is 13.4. The molecule has 5 heteroatoms. The third-order valence-electron chi connectivity index (χ3n) is 3.97. The summed E-state index contributed by atoms with van der Waals surface area (Å²) in [6.07, 6.45) is 1.32. The third kappa shape index (κ3) is 2.51. The van der Waals surface area contributed by atoms with E-state index in [0.717, 1.165) is 44.1 Å². The Labute approximate surface area is 118 Å². The Morgan fingerprint density at radius 3 is 2.75 bits per heavy atom. The van der Waals surface area contributed by atoms with Gasteiger partial charge in [-0.15, -0.1) is 0 Å². The minimum atomic E-state index is -0.00698. The molecule has 1 saturated heterocycles. The molecule has 1 N–H and O–H groups in total. The van der Waals surface area contributed by atoms with Crippen molar-refractivity contribution < 1.29 is 14.6 Å². The number of aliphatic hydroxyl groups excluding tert-OH is 1. The SMILES string of the molecule is O=C1CCc2ccc(N3CCOCC3)cc2N1CCO. The molecule has 20 heavy (non-hydrogen) atoms. The normalized spacial score (nSPS) is 19.1. The van der Waals surface area contributed by atoms with Gasteiger partial charge < -0.3 is 19.6 Å². The fourth-order valence-electron chi connectivity index (χ4n) is 2.89. The molecule has 1 fully saturated rings. The predicted octanol–water partition coefficient (Wildman–Crippen LogP) is 0.795. The van der Waals surface area contributed by atoms with Gasteiger partial charge in [0.1, 0.15) is 0 Å². The maximum atomic E-state index is 12.0. The molecule has 0 aromatic heterocycles. The van der Waals surface area contributed by atoms with Gasteiger partial charge in [-0.1, -0.05) is 6.07 Å². The van der Waals surface area contributed by atoms with Crippen molar-refractivity contribution in [1.82, 2.24) is 0 Å². The van der Waals surface area contributed by atoms with Crippen molar-refractivity contribution in [2.24, 2.45) is 0 Å². The van der Waals surface area contributed by atoms with E-state index in [-0.39, 0.29) is 12.5 Å². The lowest BCUT2D eigenvalue weighted by atomic mass is 10.00. The second-order valence-electron chi connectivity index (χ2n) is 5.18. The van der Waals surface area contributed by atoms with Gasteiger partial charge >= 0.3 is 0 Å². The molecule has 1 amide bonds. The van der Waals surface area contributed by atoms with Crippen molar-refractivity contribution in [1.29, 1.82) is 0 Å². The average Bonchev–Trinajstić information content (AvgIpc) is 2.51. The summed E-state index contributed by atoms with van der Waals surface area (Å²) in [5.41, 5.74) is 3.28. The number of benzene rings is 1. The van der Waals surface area contributed by atoms with Crippen LogP contribution in [0.25, 0.3) is 0 Å². The second-order valence-corrected chi connectivity index (χ2v) is 5.18. The Kier molecular flexibility index (Phi) is 3.89. The fourth-order valence-corrected chi connectivity index (χ4v) is 2.89. The Balaban J connectivity index is 1.90. The molecule has 3 rings (SSSR count). The lowest BCUT2D eigenvalue weighted by Gasteiger charge is -2.33. The molecule has 2 heterocycles. The van der Waals surface area contributed by atoms with E-state index in [9.17, 15) is 4.79 Å². The molecule has 2 aliphatic heterocycles. The van der Waals surface area contributed by atoms with Gasteiger partial charge in [-0.25, -0.2) is 0 Å². The number of morpholine rings is 1. The predicted molar refractivity (Wildman–Crippen MR) is 77.2 cm³/mol. The first-order valence-electron chi connectivity index (χ1n) is 7.16. The van der Waals surface area contributed by atoms with Gasteiger partial charge in [0, 0.05) is 37.4 Å². The molecule has 5 nitrogen and oxygen atoms in total. The molecular formula is C15H20N2O3. The first-order chi connectivity index (χ1) is 9.79. The summed E-state index contributed by atoms with van der Waals surface area (Å²) >= 11 is 0. The van der Waals surface area contributed by atoms with Gasteiger partial charge in [0.05, 0.1) is 19.8 Å². The Morgan fingerprint density at radius 2 is 2.00 bits per heavy atom. The lowest BCUT2D eigenvalue weighted by molar-refractivity contribution is -0.119. The number of β-amino-alcohol motifs (C(OH)–C–C–N with tert-alkyl or cyclic N) is 1. The van der Waals surface area contributed by atoms with Crippen LogP contribution in [0.2, 0.25) is 0 Å². The lowest BCUT2D eigenvalue weighted by Crippen LogP contribution is -2.38. The van der Waals surface area contributed by atoms with Gasteiger partial charge in [0.25, 0.3) is 0 Å². The molecule has 0 saturated carbocycles. The number of aryl methyl sites for hydroxylation is 1. The molecule has 0 unspecified atom stereocenters. The average molecular weight is 276 g/mol. The second kappa shape index (κ2) is 5.81. The van der Waals surface area contributed by atoms with Crippen molar-refractivity contribution in [2.45, 2.75) is 12.8 Å². The topological polar surface area (TPSA) is 53.0 Å². The largest absolute Gasteiger partial charge is 0.395 e. The van der Waals surface area contributed by atoms with Crippen LogP contribution in [0.1, 0.15) is 12.0 Å². The number of aliphatic hydroxyl groups is 1. The van der Waals surface area contributed by atoms with Crippen LogP contribution in [-0.4, -0.2) is 50.5 Å². The van der Waals surface area contributed by atoms with E-state index in [1.54, 1.807) is 4.90 Å². The van der Waals surface area contributed by atoms with Crippen LogP contribution in [0, 0.1) is 0 Å². The van der Waals surface area contributed by atoms with Gasteiger partial charge in [-0.3, -0.25) is 4.79 Å². The molecule has 0 aliphatic carbocycles. The molecular weight excluding hydrogens is 256 g/mol. The third-order valence-corrected chi connectivity index (χ3v) is 3.97. The fraction of sp³-hybridized carbons (Fsp3) is 0.533. The van der Waals surface area contributed by atoms with Crippen molar-refractivity contribution in [3.63, 3.8) is 0 Å². The zero-order chi connectivity index (χ0) is 13.9. The Bertz CT molecular complexity index is 498. The number of hydrogen-bond acceptors (Lipinski definition) is 4. The number of anilines is 2. The summed E-state index contributed by atoms with van der Waals surface area (Å²) in [6, 6.07) is 6.31. The zero-order valence-corrected chi connectivity index (χ0v) is 11.5. The first-order valence-corrected chi connectivity index (χ1v) is 7.16. The van der Waals surface area contributed by atoms with Crippen LogP contribution in [0.5, 0.6) is 0 Å². The van der Waals surface area contributed by atoms with Crippen molar-refractivity contribution >= 4 is 17.3 Å². The van der Waals surface area contributed by atoms with E-state index < -0.39 is 0 Å². The van der Waals surface area contributed by atoms with Crippen molar-refractivity contribution in [3.05, 3.63) is 23.8 Å². The van der Waals surface area contributed by atoms with Crippen LogP contribution >= 0.6 is 0 Å². The van der Waals surface area contributed by atoms with Gasteiger partial charge in [0.2, 0.25) is 5.91 Å². The van der Waals surface area contributed by atoms with Crippen molar-refractivity contribution in [3.8, 4) is 0 Å². The molecule has 0 atom stereocenters. The summed E-state index contributed by atoms with van der Waals surface area (Å²) in [7, 11) is 0. The van der Waals surface area contributed by atoms with Crippen molar-refractivity contribution in [2.75, 3.05) is 49.3 Å².